The highest BCUT2D eigenvalue weighted by atomic mass is 19.1. The van der Waals surface area contributed by atoms with E-state index in [2.05, 4.69) is 5.32 Å². The first kappa shape index (κ1) is 14.7. The fourth-order valence-electron chi connectivity index (χ4n) is 2.64. The Bertz CT molecular complexity index is 754. The Kier molecular flexibility index (Phi) is 3.25. The monoisotopic (exact) mass is 303 g/mol. The van der Waals surface area contributed by atoms with Gasteiger partial charge in [-0.05, 0) is 54.8 Å². The fraction of sp³-hybridized carbons (Fsp3) is 0.235. The number of carbonyl (C=O) groups is 1. The number of aliphatic hydroxyl groups is 1. The Balaban J connectivity index is 2.07. The van der Waals surface area contributed by atoms with E-state index < -0.39 is 23.2 Å². The molecule has 2 N–H and O–H groups in total. The van der Waals surface area contributed by atoms with Crippen molar-refractivity contribution in [2.75, 3.05) is 5.32 Å². The van der Waals surface area contributed by atoms with Crippen LogP contribution in [-0.2, 0) is 10.2 Å². The maximum atomic E-state index is 14.2. The van der Waals surface area contributed by atoms with Crippen molar-refractivity contribution in [3.63, 3.8) is 0 Å². The molecule has 0 aromatic heterocycles. The second-order valence-corrected chi connectivity index (χ2v) is 5.96. The fourth-order valence-corrected chi connectivity index (χ4v) is 2.64. The highest BCUT2D eigenvalue weighted by molar-refractivity contribution is 6.05. The lowest BCUT2D eigenvalue weighted by atomic mass is 9.84. The summed E-state index contributed by atoms with van der Waals surface area (Å²) >= 11 is 0. The molecule has 114 valence electrons. The number of halogens is 2. The first-order valence-electron chi connectivity index (χ1n) is 6.89. The molecule has 1 aliphatic heterocycles. The molecule has 2 aromatic rings. The number of amides is 1. The number of carbonyl (C=O) groups excluding carboxylic acids is 1. The van der Waals surface area contributed by atoms with Gasteiger partial charge in [0, 0.05) is 0 Å². The predicted octanol–water partition coefficient (Wildman–Crippen LogP) is 3.28. The molecule has 1 atom stereocenters. The van der Waals surface area contributed by atoms with Gasteiger partial charge in [-0.3, -0.25) is 4.79 Å². The van der Waals surface area contributed by atoms with E-state index in [0.717, 1.165) is 0 Å². The van der Waals surface area contributed by atoms with Gasteiger partial charge >= 0.3 is 0 Å². The van der Waals surface area contributed by atoms with Gasteiger partial charge in [0.1, 0.15) is 17.7 Å². The van der Waals surface area contributed by atoms with Crippen molar-refractivity contribution >= 4 is 11.6 Å². The summed E-state index contributed by atoms with van der Waals surface area (Å²) in [6.07, 6.45) is -1.09. The van der Waals surface area contributed by atoms with Gasteiger partial charge in [-0.2, -0.15) is 0 Å². The van der Waals surface area contributed by atoms with Crippen LogP contribution in [0.4, 0.5) is 14.5 Å². The van der Waals surface area contributed by atoms with Crippen LogP contribution in [0.25, 0.3) is 0 Å². The third-order valence-corrected chi connectivity index (χ3v) is 4.09. The molecule has 0 saturated heterocycles. The van der Waals surface area contributed by atoms with Crippen LogP contribution in [0.5, 0.6) is 0 Å². The number of hydrogen-bond donors (Lipinski definition) is 2. The van der Waals surface area contributed by atoms with E-state index in [1.807, 2.05) is 0 Å². The SMILES string of the molecule is CC1(C)C(=O)Nc2c(F)cc(C(O)c3ccc(F)cc3)cc21. The van der Waals surface area contributed by atoms with E-state index in [1.54, 1.807) is 19.9 Å². The smallest absolute Gasteiger partial charge is 0.234 e. The lowest BCUT2D eigenvalue weighted by Crippen LogP contribution is -2.26. The van der Waals surface area contributed by atoms with Crippen LogP contribution in [0.15, 0.2) is 36.4 Å². The normalized spacial score (nSPS) is 17.0. The van der Waals surface area contributed by atoms with Crippen molar-refractivity contribution in [2.24, 2.45) is 0 Å². The van der Waals surface area contributed by atoms with E-state index in [1.165, 1.54) is 30.3 Å². The van der Waals surface area contributed by atoms with Crippen molar-refractivity contribution in [2.45, 2.75) is 25.4 Å². The van der Waals surface area contributed by atoms with Crippen molar-refractivity contribution in [1.82, 2.24) is 0 Å². The van der Waals surface area contributed by atoms with Gasteiger partial charge < -0.3 is 10.4 Å². The number of benzene rings is 2. The lowest BCUT2D eigenvalue weighted by Gasteiger charge is -2.18. The zero-order chi connectivity index (χ0) is 16.1. The van der Waals surface area contributed by atoms with Gasteiger partial charge in [-0.15, -0.1) is 0 Å². The first-order valence-corrected chi connectivity index (χ1v) is 6.89. The summed E-state index contributed by atoms with van der Waals surface area (Å²) in [5, 5.41) is 12.9. The summed E-state index contributed by atoms with van der Waals surface area (Å²) in [4.78, 5) is 11.9. The van der Waals surface area contributed by atoms with E-state index in [9.17, 15) is 18.7 Å². The van der Waals surface area contributed by atoms with Crippen LogP contribution in [0.3, 0.4) is 0 Å². The second-order valence-electron chi connectivity index (χ2n) is 5.96. The van der Waals surface area contributed by atoms with E-state index in [-0.39, 0.29) is 11.6 Å². The van der Waals surface area contributed by atoms with Crippen LogP contribution in [0.2, 0.25) is 0 Å². The number of fused-ring (bicyclic) bond motifs is 1. The molecule has 5 heteroatoms. The Morgan fingerprint density at radius 2 is 1.73 bits per heavy atom. The molecule has 2 aromatic carbocycles. The molecule has 0 fully saturated rings. The highest BCUT2D eigenvalue weighted by Gasteiger charge is 2.40. The topological polar surface area (TPSA) is 49.3 Å². The molecule has 1 heterocycles. The van der Waals surface area contributed by atoms with Crippen LogP contribution < -0.4 is 5.32 Å². The van der Waals surface area contributed by atoms with Crippen molar-refractivity contribution in [1.29, 1.82) is 0 Å². The minimum absolute atomic E-state index is 0.157. The van der Waals surface area contributed by atoms with Crippen molar-refractivity contribution < 1.29 is 18.7 Å². The zero-order valence-corrected chi connectivity index (χ0v) is 12.2. The summed E-state index contributed by atoms with van der Waals surface area (Å²) in [7, 11) is 0. The van der Waals surface area contributed by atoms with Crippen LogP contribution in [0.1, 0.15) is 36.6 Å². The summed E-state index contributed by atoms with van der Waals surface area (Å²) in [6.45, 7) is 3.39. The zero-order valence-electron chi connectivity index (χ0n) is 12.2. The first-order chi connectivity index (χ1) is 10.3. The average molecular weight is 303 g/mol. The number of hydrogen-bond acceptors (Lipinski definition) is 2. The maximum Gasteiger partial charge on any atom is 0.234 e. The van der Waals surface area contributed by atoms with E-state index >= 15 is 0 Å². The van der Waals surface area contributed by atoms with E-state index in [0.29, 0.717) is 16.7 Å². The largest absolute Gasteiger partial charge is 0.384 e. The van der Waals surface area contributed by atoms with Crippen LogP contribution >= 0.6 is 0 Å². The third kappa shape index (κ3) is 2.18. The number of aliphatic hydroxyl groups excluding tert-OH is 1. The van der Waals surface area contributed by atoms with Crippen LogP contribution in [-0.4, -0.2) is 11.0 Å². The Hall–Kier alpha value is -2.27. The summed E-state index contributed by atoms with van der Waals surface area (Å²) < 4.78 is 27.2. The van der Waals surface area contributed by atoms with Crippen LogP contribution in [0, 0.1) is 11.6 Å². The Morgan fingerprint density at radius 3 is 2.36 bits per heavy atom. The molecule has 0 bridgehead atoms. The minimum Gasteiger partial charge on any atom is -0.384 e. The standard InChI is InChI=1S/C17H15F2NO2/c1-17(2)12-7-10(8-13(19)14(12)20-16(17)22)15(21)9-3-5-11(18)6-4-9/h3-8,15,21H,1-2H3,(H,20,22). The quantitative estimate of drug-likeness (QED) is 0.894. The van der Waals surface area contributed by atoms with Gasteiger partial charge in [0.2, 0.25) is 5.91 Å². The number of anilines is 1. The van der Waals surface area contributed by atoms with Gasteiger partial charge in [-0.1, -0.05) is 12.1 Å². The number of nitrogens with one attached hydrogen (secondary N) is 1. The highest BCUT2D eigenvalue weighted by Crippen LogP contribution is 2.41. The molecule has 0 aliphatic carbocycles. The predicted molar refractivity (Wildman–Crippen MR) is 78.5 cm³/mol. The molecule has 1 aliphatic rings. The summed E-state index contributed by atoms with van der Waals surface area (Å²) in [5.41, 5.74) is 0.580. The second kappa shape index (κ2) is 4.88. The summed E-state index contributed by atoms with van der Waals surface area (Å²) in [6, 6.07) is 8.16. The molecular formula is C17H15F2NO2. The molecule has 3 rings (SSSR count). The molecule has 0 radical (unpaired) electrons. The van der Waals surface area contributed by atoms with Gasteiger partial charge in [0.05, 0.1) is 11.1 Å². The summed E-state index contributed by atoms with van der Waals surface area (Å²) in [5.74, 6) is -1.28. The molecule has 22 heavy (non-hydrogen) atoms. The van der Waals surface area contributed by atoms with E-state index in [4.69, 9.17) is 0 Å². The third-order valence-electron chi connectivity index (χ3n) is 4.09. The van der Waals surface area contributed by atoms with Gasteiger partial charge in [0.25, 0.3) is 0 Å². The lowest BCUT2D eigenvalue weighted by molar-refractivity contribution is -0.119. The van der Waals surface area contributed by atoms with Gasteiger partial charge in [-0.25, -0.2) is 8.78 Å². The van der Waals surface area contributed by atoms with Crippen molar-refractivity contribution in [3.8, 4) is 0 Å². The van der Waals surface area contributed by atoms with Crippen molar-refractivity contribution in [3.05, 3.63) is 64.7 Å². The Morgan fingerprint density at radius 1 is 1.09 bits per heavy atom. The minimum atomic E-state index is -1.09. The Labute approximate surface area is 126 Å². The van der Waals surface area contributed by atoms with Gasteiger partial charge in [0.15, 0.2) is 0 Å². The number of rotatable bonds is 2. The molecular weight excluding hydrogens is 288 g/mol. The maximum absolute atomic E-state index is 14.2. The molecule has 3 nitrogen and oxygen atoms in total. The molecule has 1 unspecified atom stereocenters. The molecule has 0 spiro atoms. The average Bonchev–Trinajstić information content (AvgIpc) is 2.71. The molecule has 1 amide bonds. The molecule has 0 saturated carbocycles.